The first-order valence-corrected chi connectivity index (χ1v) is 10.0. The Morgan fingerprint density at radius 3 is 2.54 bits per heavy atom. The molecule has 4 nitrogen and oxygen atoms in total. The average molecular weight is 421 g/mol. The standard InChI is InChI=1S/C22H25ClN2O2.ClH/c23-17-5-1-4-16(9-17)14-27-21-6-2-3-15(10-21)11-22(26)25-20-12-18-7-8-19(13-20)24-18;/h1-6,9-10,18-20,24H,7-8,11-14H2,(H,25,26);1H. The number of hydrogen-bond donors (Lipinski definition) is 2. The molecular formula is C22H26Cl2N2O2. The van der Waals surface area contributed by atoms with E-state index in [4.69, 9.17) is 16.3 Å². The van der Waals surface area contributed by atoms with Gasteiger partial charge in [0.25, 0.3) is 0 Å². The predicted octanol–water partition coefficient (Wildman–Crippen LogP) is 4.28. The minimum atomic E-state index is 0. The number of halogens is 2. The van der Waals surface area contributed by atoms with E-state index in [0.717, 1.165) is 29.7 Å². The van der Waals surface area contributed by atoms with E-state index in [-0.39, 0.29) is 18.3 Å². The minimum absolute atomic E-state index is 0. The molecule has 2 atom stereocenters. The molecule has 2 aromatic rings. The zero-order valence-electron chi connectivity index (χ0n) is 15.7. The van der Waals surface area contributed by atoms with Crippen LogP contribution in [0.15, 0.2) is 48.5 Å². The van der Waals surface area contributed by atoms with Gasteiger partial charge >= 0.3 is 0 Å². The maximum absolute atomic E-state index is 12.5. The second kappa shape index (κ2) is 9.64. The summed E-state index contributed by atoms with van der Waals surface area (Å²) in [7, 11) is 0. The summed E-state index contributed by atoms with van der Waals surface area (Å²) in [6.45, 7) is 0.452. The van der Waals surface area contributed by atoms with Crippen LogP contribution < -0.4 is 15.4 Å². The van der Waals surface area contributed by atoms with E-state index in [1.54, 1.807) is 0 Å². The van der Waals surface area contributed by atoms with Crippen LogP contribution in [0.3, 0.4) is 0 Å². The lowest BCUT2D eigenvalue weighted by Crippen LogP contribution is -2.48. The number of carbonyl (C=O) groups excluding carboxylic acids is 1. The summed E-state index contributed by atoms with van der Waals surface area (Å²) >= 11 is 6.01. The highest BCUT2D eigenvalue weighted by Gasteiger charge is 2.33. The van der Waals surface area contributed by atoms with Gasteiger partial charge in [-0.2, -0.15) is 0 Å². The fourth-order valence-electron chi connectivity index (χ4n) is 4.18. The molecule has 0 aromatic heterocycles. The number of piperidine rings is 1. The van der Waals surface area contributed by atoms with Gasteiger partial charge < -0.3 is 15.4 Å². The van der Waals surface area contributed by atoms with Crippen LogP contribution in [0.2, 0.25) is 5.02 Å². The summed E-state index contributed by atoms with van der Waals surface area (Å²) < 4.78 is 5.86. The van der Waals surface area contributed by atoms with Crippen molar-refractivity contribution in [3.8, 4) is 5.75 Å². The van der Waals surface area contributed by atoms with E-state index < -0.39 is 0 Å². The fraction of sp³-hybridized carbons (Fsp3) is 0.409. The quantitative estimate of drug-likeness (QED) is 0.732. The molecule has 150 valence electrons. The smallest absolute Gasteiger partial charge is 0.224 e. The normalized spacial score (nSPS) is 23.0. The Bertz CT molecular complexity index is 803. The molecule has 2 aliphatic rings. The molecule has 0 radical (unpaired) electrons. The van der Waals surface area contributed by atoms with Crippen molar-refractivity contribution in [2.45, 2.75) is 56.8 Å². The van der Waals surface area contributed by atoms with Crippen LogP contribution in [0.5, 0.6) is 5.75 Å². The molecule has 2 N–H and O–H groups in total. The maximum Gasteiger partial charge on any atom is 0.224 e. The largest absolute Gasteiger partial charge is 0.489 e. The molecule has 2 aliphatic heterocycles. The van der Waals surface area contributed by atoms with Crippen LogP contribution >= 0.6 is 24.0 Å². The van der Waals surface area contributed by atoms with Crippen LogP contribution in [0, 0.1) is 0 Å². The lowest BCUT2D eigenvalue weighted by atomic mass is 9.99. The summed E-state index contributed by atoms with van der Waals surface area (Å²) in [6.07, 6.45) is 4.95. The summed E-state index contributed by atoms with van der Waals surface area (Å²) in [4.78, 5) is 12.5. The number of nitrogens with one attached hydrogen (secondary N) is 2. The summed E-state index contributed by atoms with van der Waals surface area (Å²) in [6, 6.07) is 16.9. The zero-order chi connectivity index (χ0) is 18.6. The second-order valence-electron chi connectivity index (χ2n) is 7.62. The Morgan fingerprint density at radius 2 is 1.79 bits per heavy atom. The number of amides is 1. The highest BCUT2D eigenvalue weighted by molar-refractivity contribution is 6.30. The van der Waals surface area contributed by atoms with Crippen LogP contribution in [-0.4, -0.2) is 24.0 Å². The topological polar surface area (TPSA) is 50.4 Å². The van der Waals surface area contributed by atoms with Crippen molar-refractivity contribution < 1.29 is 9.53 Å². The fourth-order valence-corrected chi connectivity index (χ4v) is 4.39. The molecule has 1 amide bonds. The van der Waals surface area contributed by atoms with Crippen LogP contribution in [0.1, 0.15) is 36.8 Å². The molecule has 2 unspecified atom stereocenters. The van der Waals surface area contributed by atoms with Gasteiger partial charge in [-0.05, 0) is 61.1 Å². The summed E-state index contributed by atoms with van der Waals surface area (Å²) in [5.41, 5.74) is 1.99. The predicted molar refractivity (Wildman–Crippen MR) is 114 cm³/mol. The molecule has 0 spiro atoms. The SMILES string of the molecule is Cl.O=C(Cc1cccc(OCc2cccc(Cl)c2)c1)NC1CC2CCC(C1)N2. The molecule has 2 bridgehead atoms. The van der Waals surface area contributed by atoms with E-state index in [1.165, 1.54) is 12.8 Å². The van der Waals surface area contributed by atoms with Crippen molar-refractivity contribution in [1.29, 1.82) is 0 Å². The first-order valence-electron chi connectivity index (χ1n) is 9.65. The van der Waals surface area contributed by atoms with Gasteiger partial charge in [-0.25, -0.2) is 0 Å². The van der Waals surface area contributed by atoms with E-state index in [0.29, 0.717) is 36.2 Å². The first kappa shape index (κ1) is 21.0. The Hall–Kier alpha value is -1.75. The molecule has 4 rings (SSSR count). The second-order valence-corrected chi connectivity index (χ2v) is 8.05. The Kier molecular flexibility index (Phi) is 7.22. The van der Waals surface area contributed by atoms with E-state index >= 15 is 0 Å². The van der Waals surface area contributed by atoms with Gasteiger partial charge in [0.15, 0.2) is 0 Å². The van der Waals surface area contributed by atoms with Crippen molar-refractivity contribution >= 4 is 29.9 Å². The highest BCUT2D eigenvalue weighted by Crippen LogP contribution is 2.27. The van der Waals surface area contributed by atoms with Crippen molar-refractivity contribution in [2.24, 2.45) is 0 Å². The number of rotatable bonds is 6. The van der Waals surface area contributed by atoms with E-state index in [1.807, 2.05) is 48.5 Å². The number of ether oxygens (including phenoxy) is 1. The molecule has 2 saturated heterocycles. The third-order valence-corrected chi connectivity index (χ3v) is 5.63. The Balaban J connectivity index is 0.00000225. The average Bonchev–Trinajstić information content (AvgIpc) is 2.99. The van der Waals surface area contributed by atoms with Crippen molar-refractivity contribution in [1.82, 2.24) is 10.6 Å². The van der Waals surface area contributed by atoms with Crippen molar-refractivity contribution in [3.63, 3.8) is 0 Å². The van der Waals surface area contributed by atoms with Crippen molar-refractivity contribution in [3.05, 3.63) is 64.7 Å². The van der Waals surface area contributed by atoms with Gasteiger partial charge in [0.2, 0.25) is 5.91 Å². The Morgan fingerprint density at radius 1 is 1.07 bits per heavy atom. The molecule has 0 saturated carbocycles. The first-order chi connectivity index (χ1) is 13.1. The summed E-state index contributed by atoms with van der Waals surface area (Å²) in [5.74, 6) is 0.855. The van der Waals surface area contributed by atoms with E-state index in [9.17, 15) is 4.79 Å². The minimum Gasteiger partial charge on any atom is -0.489 e. The van der Waals surface area contributed by atoms with Gasteiger partial charge in [-0.1, -0.05) is 35.9 Å². The highest BCUT2D eigenvalue weighted by atomic mass is 35.5. The lowest BCUT2D eigenvalue weighted by molar-refractivity contribution is -0.121. The molecule has 0 aliphatic carbocycles. The van der Waals surface area contributed by atoms with Gasteiger partial charge in [0, 0.05) is 23.1 Å². The number of carbonyl (C=O) groups is 1. The molecule has 2 aromatic carbocycles. The third kappa shape index (κ3) is 5.63. The van der Waals surface area contributed by atoms with Gasteiger partial charge in [0.05, 0.1) is 6.42 Å². The van der Waals surface area contributed by atoms with Crippen molar-refractivity contribution in [2.75, 3.05) is 0 Å². The number of hydrogen-bond acceptors (Lipinski definition) is 3. The van der Waals surface area contributed by atoms with Gasteiger partial charge in [-0.15, -0.1) is 12.4 Å². The van der Waals surface area contributed by atoms with Gasteiger partial charge in [-0.3, -0.25) is 4.79 Å². The molecular weight excluding hydrogens is 395 g/mol. The number of benzene rings is 2. The van der Waals surface area contributed by atoms with Crippen LogP contribution in [-0.2, 0) is 17.8 Å². The zero-order valence-corrected chi connectivity index (χ0v) is 17.3. The lowest BCUT2D eigenvalue weighted by Gasteiger charge is -2.29. The van der Waals surface area contributed by atoms with E-state index in [2.05, 4.69) is 10.6 Å². The molecule has 6 heteroatoms. The molecule has 28 heavy (non-hydrogen) atoms. The Labute approximate surface area is 177 Å². The van der Waals surface area contributed by atoms with Crippen LogP contribution in [0.4, 0.5) is 0 Å². The monoisotopic (exact) mass is 420 g/mol. The number of fused-ring (bicyclic) bond motifs is 2. The van der Waals surface area contributed by atoms with Gasteiger partial charge in [0.1, 0.15) is 12.4 Å². The maximum atomic E-state index is 12.5. The van der Waals surface area contributed by atoms with Crippen LogP contribution in [0.25, 0.3) is 0 Å². The third-order valence-electron chi connectivity index (χ3n) is 5.40. The molecule has 2 heterocycles. The summed E-state index contributed by atoms with van der Waals surface area (Å²) in [5, 5.41) is 7.52. The molecule has 2 fully saturated rings.